The van der Waals surface area contributed by atoms with Crippen LogP contribution in [0.4, 0.5) is 0 Å². The quantitative estimate of drug-likeness (QED) is 0.696. The third kappa shape index (κ3) is 1.87. The number of hydrogen-bond donors (Lipinski definition) is 1. The first-order valence-electron chi connectivity index (χ1n) is 3.42. The van der Waals surface area contributed by atoms with E-state index in [9.17, 15) is 0 Å². The number of ether oxygens (including phenoxy) is 1. The minimum absolute atomic E-state index is 0.483. The average Bonchev–Trinajstić information content (AvgIpc) is 2.32. The van der Waals surface area contributed by atoms with Crippen LogP contribution in [0.15, 0.2) is 0 Å². The summed E-state index contributed by atoms with van der Waals surface area (Å²) < 4.78 is 7.27. The Morgan fingerprint density at radius 2 is 2.45 bits per heavy atom. The Hall–Kier alpha value is -0.680. The molecule has 4 nitrogen and oxygen atoms in total. The molecule has 0 aliphatic rings. The molecule has 1 N–H and O–H groups in total. The molecule has 0 spiro atoms. The first kappa shape index (κ1) is 8.42. The Balaban J connectivity index is 2.86. The number of nitrogens with zero attached hydrogens (tertiary/aromatic N) is 2. The van der Waals surface area contributed by atoms with Gasteiger partial charge in [0.25, 0.3) is 0 Å². The van der Waals surface area contributed by atoms with E-state index in [0.717, 1.165) is 12.4 Å². The van der Waals surface area contributed by atoms with E-state index in [-0.39, 0.29) is 0 Å². The maximum atomic E-state index is 4.95. The van der Waals surface area contributed by atoms with Gasteiger partial charge in [-0.05, 0) is 19.1 Å². The molecule has 1 aromatic rings. The summed E-state index contributed by atoms with van der Waals surface area (Å²) in [7, 11) is 1.63. The molecule has 1 rings (SSSR count). The predicted molar refractivity (Wildman–Crippen MR) is 43.8 cm³/mol. The predicted octanol–water partition coefficient (Wildman–Crippen LogP) is 1.11. The van der Waals surface area contributed by atoms with Gasteiger partial charge in [0.2, 0.25) is 4.77 Å². The highest BCUT2D eigenvalue weighted by atomic mass is 32.1. The molecule has 0 unspecified atom stereocenters. The van der Waals surface area contributed by atoms with Crippen molar-refractivity contribution in [3.63, 3.8) is 0 Å². The van der Waals surface area contributed by atoms with E-state index in [1.54, 1.807) is 11.8 Å². The van der Waals surface area contributed by atoms with E-state index >= 15 is 0 Å². The zero-order chi connectivity index (χ0) is 8.27. The summed E-state index contributed by atoms with van der Waals surface area (Å²) in [6.45, 7) is 3.30. The van der Waals surface area contributed by atoms with Gasteiger partial charge in [-0.3, -0.25) is 9.78 Å². The van der Waals surface area contributed by atoms with Gasteiger partial charge >= 0.3 is 0 Å². The normalized spacial score (nSPS) is 10.4. The number of aromatic nitrogens is 3. The molecule has 0 aromatic carbocycles. The van der Waals surface area contributed by atoms with Crippen molar-refractivity contribution in [3.8, 4) is 0 Å². The van der Waals surface area contributed by atoms with E-state index in [1.807, 2.05) is 6.92 Å². The van der Waals surface area contributed by atoms with Crippen LogP contribution in [0, 0.1) is 4.77 Å². The van der Waals surface area contributed by atoms with Crippen molar-refractivity contribution >= 4 is 12.2 Å². The molecule has 5 heteroatoms. The van der Waals surface area contributed by atoms with Crippen LogP contribution in [0.5, 0.6) is 0 Å². The Morgan fingerprint density at radius 3 is 2.91 bits per heavy atom. The Kier molecular flexibility index (Phi) is 2.78. The van der Waals surface area contributed by atoms with E-state index in [0.29, 0.717) is 11.4 Å². The van der Waals surface area contributed by atoms with Crippen LogP contribution in [0.3, 0.4) is 0 Å². The number of aromatic amines is 1. The molecule has 62 valence electrons. The molecule has 11 heavy (non-hydrogen) atoms. The standard InChI is InChI=1S/C6H11N3OS/c1-3-9-6(11)7-5(8-9)4-10-2/h3-4H2,1-2H3,(H,7,8,11). The molecule has 0 amide bonds. The van der Waals surface area contributed by atoms with Gasteiger partial charge in [-0.15, -0.1) is 0 Å². The zero-order valence-electron chi connectivity index (χ0n) is 6.63. The van der Waals surface area contributed by atoms with Crippen molar-refractivity contribution < 1.29 is 4.74 Å². The summed E-state index contributed by atoms with van der Waals surface area (Å²) in [5.41, 5.74) is 0. The number of hydrogen-bond acceptors (Lipinski definition) is 3. The molecule has 0 saturated carbocycles. The summed E-state index contributed by atoms with van der Waals surface area (Å²) in [5.74, 6) is 0.777. The fraction of sp³-hybridized carbons (Fsp3) is 0.667. The number of nitrogens with one attached hydrogen (secondary N) is 1. The van der Waals surface area contributed by atoms with Gasteiger partial charge in [-0.1, -0.05) is 0 Å². The van der Waals surface area contributed by atoms with Gasteiger partial charge < -0.3 is 4.74 Å². The molecule has 1 aromatic heterocycles. The zero-order valence-corrected chi connectivity index (χ0v) is 7.44. The van der Waals surface area contributed by atoms with Gasteiger partial charge in [0, 0.05) is 13.7 Å². The molecule has 0 aliphatic heterocycles. The lowest BCUT2D eigenvalue weighted by atomic mass is 10.7. The van der Waals surface area contributed by atoms with E-state index in [1.165, 1.54) is 0 Å². The van der Waals surface area contributed by atoms with Crippen LogP contribution in [0.1, 0.15) is 12.7 Å². The largest absolute Gasteiger partial charge is 0.377 e. The molecule has 1 heterocycles. The lowest BCUT2D eigenvalue weighted by Crippen LogP contribution is -1.97. The van der Waals surface area contributed by atoms with Gasteiger partial charge in [0.15, 0.2) is 0 Å². The van der Waals surface area contributed by atoms with Gasteiger partial charge in [0.1, 0.15) is 12.4 Å². The molecular weight excluding hydrogens is 162 g/mol. The van der Waals surface area contributed by atoms with Gasteiger partial charge in [-0.25, -0.2) is 4.98 Å². The number of aryl methyl sites for hydroxylation is 1. The van der Waals surface area contributed by atoms with Crippen molar-refractivity contribution in [1.82, 2.24) is 14.8 Å². The SMILES string of the molecule is CCn1[nH]c(COC)nc1=S. The van der Waals surface area contributed by atoms with Crippen LogP contribution in [0.2, 0.25) is 0 Å². The fourth-order valence-electron chi connectivity index (χ4n) is 0.820. The maximum absolute atomic E-state index is 4.95. The molecular formula is C6H11N3OS. The van der Waals surface area contributed by atoms with Crippen molar-refractivity contribution in [1.29, 1.82) is 0 Å². The van der Waals surface area contributed by atoms with Crippen molar-refractivity contribution in [3.05, 3.63) is 10.6 Å². The second kappa shape index (κ2) is 3.64. The van der Waals surface area contributed by atoms with Crippen LogP contribution in [0.25, 0.3) is 0 Å². The minimum Gasteiger partial charge on any atom is -0.377 e. The molecule has 0 atom stereocenters. The first-order chi connectivity index (χ1) is 5.27. The van der Waals surface area contributed by atoms with Crippen molar-refractivity contribution in [2.45, 2.75) is 20.1 Å². The molecule has 0 bridgehead atoms. The minimum atomic E-state index is 0.483. The van der Waals surface area contributed by atoms with Crippen LogP contribution < -0.4 is 0 Å². The Bertz CT molecular complexity index is 278. The summed E-state index contributed by atoms with van der Waals surface area (Å²) in [6.07, 6.45) is 0. The lowest BCUT2D eigenvalue weighted by Gasteiger charge is -1.93. The van der Waals surface area contributed by atoms with Crippen molar-refractivity contribution in [2.24, 2.45) is 0 Å². The van der Waals surface area contributed by atoms with Gasteiger partial charge in [-0.2, -0.15) is 0 Å². The smallest absolute Gasteiger partial charge is 0.216 e. The van der Waals surface area contributed by atoms with E-state index < -0.39 is 0 Å². The third-order valence-corrected chi connectivity index (χ3v) is 1.63. The lowest BCUT2D eigenvalue weighted by molar-refractivity contribution is 0.177. The first-order valence-corrected chi connectivity index (χ1v) is 3.83. The highest BCUT2D eigenvalue weighted by molar-refractivity contribution is 7.71. The molecule has 0 saturated heterocycles. The molecule has 0 fully saturated rings. The van der Waals surface area contributed by atoms with Crippen molar-refractivity contribution in [2.75, 3.05) is 7.11 Å². The summed E-state index contributed by atoms with van der Waals surface area (Å²) in [5, 5.41) is 3.01. The fourth-order valence-corrected chi connectivity index (χ4v) is 1.10. The topological polar surface area (TPSA) is 42.8 Å². The van der Waals surface area contributed by atoms with Gasteiger partial charge in [0.05, 0.1) is 0 Å². The number of H-pyrrole nitrogens is 1. The van der Waals surface area contributed by atoms with E-state index in [4.69, 9.17) is 17.0 Å². The maximum Gasteiger partial charge on any atom is 0.216 e. The summed E-state index contributed by atoms with van der Waals surface area (Å²) >= 11 is 4.95. The number of rotatable bonds is 3. The Morgan fingerprint density at radius 1 is 1.73 bits per heavy atom. The second-order valence-electron chi connectivity index (χ2n) is 2.13. The third-order valence-electron chi connectivity index (χ3n) is 1.32. The number of methoxy groups -OCH3 is 1. The van der Waals surface area contributed by atoms with E-state index in [2.05, 4.69) is 10.1 Å². The summed E-state index contributed by atoms with van der Waals surface area (Å²) in [4.78, 5) is 4.07. The Labute approximate surface area is 70.2 Å². The van der Waals surface area contributed by atoms with Crippen LogP contribution in [-0.4, -0.2) is 21.9 Å². The average molecular weight is 173 g/mol. The highest BCUT2D eigenvalue weighted by Gasteiger charge is 1.97. The monoisotopic (exact) mass is 173 g/mol. The second-order valence-corrected chi connectivity index (χ2v) is 2.50. The molecule has 0 aliphatic carbocycles. The molecule has 0 radical (unpaired) electrons. The summed E-state index contributed by atoms with van der Waals surface area (Å²) in [6, 6.07) is 0. The van der Waals surface area contributed by atoms with Crippen LogP contribution in [-0.2, 0) is 17.9 Å². The highest BCUT2D eigenvalue weighted by Crippen LogP contribution is 1.94. The van der Waals surface area contributed by atoms with Crippen LogP contribution >= 0.6 is 12.2 Å².